The van der Waals surface area contributed by atoms with Gasteiger partial charge in [-0.25, -0.2) is 9.79 Å². The molecule has 0 aliphatic rings. The summed E-state index contributed by atoms with van der Waals surface area (Å²) in [7, 11) is 0. The van der Waals surface area contributed by atoms with Gasteiger partial charge in [0.05, 0.1) is 13.2 Å². The van der Waals surface area contributed by atoms with Crippen molar-refractivity contribution in [2.24, 2.45) is 4.99 Å². The molecule has 0 spiro atoms. The first-order valence-corrected chi connectivity index (χ1v) is 6.59. The van der Waals surface area contributed by atoms with E-state index in [0.717, 1.165) is 45.3 Å². The van der Waals surface area contributed by atoms with Crippen LogP contribution in [0.4, 0.5) is 0 Å². The molecule has 0 radical (unpaired) electrons. The summed E-state index contributed by atoms with van der Waals surface area (Å²) in [4.78, 5) is 13.3. The molecule has 18 heavy (non-hydrogen) atoms. The molecule has 0 bridgehead atoms. The fourth-order valence-corrected chi connectivity index (χ4v) is 1.73. The third-order valence-corrected chi connectivity index (χ3v) is 2.75. The molecule has 0 saturated carbocycles. The Balaban J connectivity index is 1.86. The molecule has 0 aromatic heterocycles. The fourth-order valence-electron chi connectivity index (χ4n) is 1.73. The van der Waals surface area contributed by atoms with Crippen molar-refractivity contribution in [1.82, 2.24) is 0 Å². The van der Waals surface area contributed by atoms with Crippen molar-refractivity contribution in [2.45, 2.75) is 32.1 Å². The predicted molar refractivity (Wildman–Crippen MR) is 72.4 cm³/mol. The molecule has 1 rings (SSSR count). The zero-order valence-corrected chi connectivity index (χ0v) is 10.8. The van der Waals surface area contributed by atoms with Crippen LogP contribution in [0.3, 0.4) is 0 Å². The summed E-state index contributed by atoms with van der Waals surface area (Å²) in [5.41, 5.74) is 1.32. The number of rotatable bonds is 10. The Labute approximate surface area is 109 Å². The van der Waals surface area contributed by atoms with Crippen molar-refractivity contribution >= 4 is 6.08 Å². The lowest BCUT2D eigenvalue weighted by Gasteiger charge is -2.04. The Kier molecular flexibility index (Phi) is 8.69. The summed E-state index contributed by atoms with van der Waals surface area (Å²) < 4.78 is 5.58. The maximum atomic E-state index is 9.82. The zero-order chi connectivity index (χ0) is 12.9. The van der Waals surface area contributed by atoms with Crippen molar-refractivity contribution in [3.63, 3.8) is 0 Å². The Morgan fingerprint density at radius 3 is 2.56 bits per heavy atom. The number of hydrogen-bond acceptors (Lipinski definition) is 3. The molecule has 0 amide bonds. The van der Waals surface area contributed by atoms with E-state index in [2.05, 4.69) is 29.3 Å². The lowest BCUT2D eigenvalue weighted by molar-refractivity contribution is 0.133. The first kappa shape index (κ1) is 14.6. The average Bonchev–Trinajstić information content (AvgIpc) is 2.42. The minimum absolute atomic E-state index is 0.609. The van der Waals surface area contributed by atoms with Gasteiger partial charge in [0.2, 0.25) is 6.08 Å². The smallest absolute Gasteiger partial charge is 0.234 e. The van der Waals surface area contributed by atoms with Crippen molar-refractivity contribution in [2.75, 3.05) is 19.8 Å². The average molecular weight is 247 g/mol. The molecule has 0 heterocycles. The minimum Gasteiger partial charge on any atom is -0.381 e. The summed E-state index contributed by atoms with van der Waals surface area (Å²) in [5.74, 6) is 0. The molecule has 1 aromatic carbocycles. The predicted octanol–water partition coefficient (Wildman–Crippen LogP) is 3.14. The largest absolute Gasteiger partial charge is 0.381 e. The first-order valence-electron chi connectivity index (χ1n) is 6.59. The van der Waals surface area contributed by atoms with Crippen LogP contribution in [0.15, 0.2) is 35.3 Å². The van der Waals surface area contributed by atoms with Crippen LogP contribution in [0.2, 0.25) is 0 Å². The fraction of sp³-hybridized carbons (Fsp3) is 0.533. The van der Waals surface area contributed by atoms with Gasteiger partial charge in [0.25, 0.3) is 0 Å². The topological polar surface area (TPSA) is 38.7 Å². The number of hydrogen-bond donors (Lipinski definition) is 0. The maximum absolute atomic E-state index is 9.82. The Bertz CT molecular complexity index is 345. The van der Waals surface area contributed by atoms with Gasteiger partial charge in [-0.15, -0.1) is 0 Å². The van der Waals surface area contributed by atoms with Gasteiger partial charge in [-0.2, -0.15) is 0 Å². The first-order chi connectivity index (χ1) is 8.93. The van der Waals surface area contributed by atoms with Gasteiger partial charge < -0.3 is 4.74 Å². The second-order valence-electron chi connectivity index (χ2n) is 4.24. The van der Waals surface area contributed by atoms with Crippen molar-refractivity contribution in [1.29, 1.82) is 0 Å². The number of aliphatic imine (C=N–C) groups is 1. The van der Waals surface area contributed by atoms with Gasteiger partial charge in [0, 0.05) is 6.61 Å². The van der Waals surface area contributed by atoms with Gasteiger partial charge in [-0.3, -0.25) is 0 Å². The molecule has 98 valence electrons. The van der Waals surface area contributed by atoms with E-state index in [1.165, 1.54) is 5.56 Å². The highest BCUT2D eigenvalue weighted by Gasteiger charge is 1.93. The van der Waals surface area contributed by atoms with Gasteiger partial charge in [0.1, 0.15) is 0 Å². The maximum Gasteiger partial charge on any atom is 0.234 e. The lowest BCUT2D eigenvalue weighted by Crippen LogP contribution is -2.00. The summed E-state index contributed by atoms with van der Waals surface area (Å²) >= 11 is 0. The zero-order valence-electron chi connectivity index (χ0n) is 10.8. The van der Waals surface area contributed by atoms with Gasteiger partial charge >= 0.3 is 0 Å². The SMILES string of the molecule is O=C=NCCCCCCOCCc1ccccc1. The monoisotopic (exact) mass is 247 g/mol. The van der Waals surface area contributed by atoms with Crippen molar-refractivity contribution < 1.29 is 9.53 Å². The Hall–Kier alpha value is -1.44. The van der Waals surface area contributed by atoms with Crippen LogP contribution in [0.5, 0.6) is 0 Å². The number of unbranched alkanes of at least 4 members (excludes halogenated alkanes) is 3. The second kappa shape index (κ2) is 10.7. The van der Waals surface area contributed by atoms with Crippen LogP contribution in [0.25, 0.3) is 0 Å². The van der Waals surface area contributed by atoms with Gasteiger partial charge in [-0.1, -0.05) is 43.2 Å². The Morgan fingerprint density at radius 2 is 1.78 bits per heavy atom. The van der Waals surface area contributed by atoms with E-state index in [1.807, 2.05) is 6.07 Å². The van der Waals surface area contributed by atoms with E-state index >= 15 is 0 Å². The number of benzene rings is 1. The number of ether oxygens (including phenoxy) is 1. The molecule has 0 saturated heterocycles. The van der Waals surface area contributed by atoms with Crippen LogP contribution in [0.1, 0.15) is 31.2 Å². The van der Waals surface area contributed by atoms with E-state index < -0.39 is 0 Å². The Morgan fingerprint density at radius 1 is 1.00 bits per heavy atom. The summed E-state index contributed by atoms with van der Waals surface area (Å²) in [6.45, 7) is 2.22. The normalized spacial score (nSPS) is 10.0. The van der Waals surface area contributed by atoms with Crippen LogP contribution in [-0.2, 0) is 16.0 Å². The van der Waals surface area contributed by atoms with E-state index in [9.17, 15) is 4.79 Å². The highest BCUT2D eigenvalue weighted by atomic mass is 16.5. The lowest BCUT2D eigenvalue weighted by atomic mass is 10.2. The number of carbonyl (C=O) groups excluding carboxylic acids is 1. The summed E-state index contributed by atoms with van der Waals surface area (Å²) in [5, 5.41) is 0. The third-order valence-electron chi connectivity index (χ3n) is 2.75. The molecule has 0 aliphatic carbocycles. The van der Waals surface area contributed by atoms with Crippen LogP contribution in [-0.4, -0.2) is 25.8 Å². The molecule has 0 aliphatic heterocycles. The summed E-state index contributed by atoms with van der Waals surface area (Å²) in [6, 6.07) is 10.4. The van der Waals surface area contributed by atoms with Gasteiger partial charge in [-0.05, 0) is 24.8 Å². The molecule has 0 atom stereocenters. The van der Waals surface area contributed by atoms with E-state index in [4.69, 9.17) is 4.74 Å². The highest BCUT2D eigenvalue weighted by Crippen LogP contribution is 2.02. The summed E-state index contributed by atoms with van der Waals surface area (Å²) in [6.07, 6.45) is 6.83. The number of isocyanates is 1. The van der Waals surface area contributed by atoms with Gasteiger partial charge in [0.15, 0.2) is 0 Å². The minimum atomic E-state index is 0.609. The van der Waals surface area contributed by atoms with Crippen LogP contribution in [0, 0.1) is 0 Å². The molecule has 3 nitrogen and oxygen atoms in total. The van der Waals surface area contributed by atoms with Crippen molar-refractivity contribution in [3.8, 4) is 0 Å². The molecule has 0 fully saturated rings. The van der Waals surface area contributed by atoms with E-state index in [1.54, 1.807) is 6.08 Å². The second-order valence-corrected chi connectivity index (χ2v) is 4.24. The molecular formula is C15H21NO2. The van der Waals surface area contributed by atoms with E-state index in [0.29, 0.717) is 6.54 Å². The molecule has 0 unspecified atom stereocenters. The quantitative estimate of drug-likeness (QED) is 0.362. The molecular weight excluding hydrogens is 226 g/mol. The van der Waals surface area contributed by atoms with Crippen molar-refractivity contribution in [3.05, 3.63) is 35.9 Å². The molecule has 1 aromatic rings. The molecule has 3 heteroatoms. The molecule has 0 N–H and O–H groups in total. The van der Waals surface area contributed by atoms with Crippen LogP contribution >= 0.6 is 0 Å². The van der Waals surface area contributed by atoms with Crippen LogP contribution < -0.4 is 0 Å². The number of nitrogens with zero attached hydrogens (tertiary/aromatic N) is 1. The van der Waals surface area contributed by atoms with E-state index in [-0.39, 0.29) is 0 Å². The highest BCUT2D eigenvalue weighted by molar-refractivity contribution is 5.32. The standard InChI is InChI=1S/C15H21NO2/c17-14-16-11-6-1-2-7-12-18-13-10-15-8-4-3-5-9-15/h3-5,8-9H,1-2,6-7,10-13H2. The third kappa shape index (κ3) is 7.77.